The van der Waals surface area contributed by atoms with Crippen LogP contribution in [0.1, 0.15) is 12.7 Å². The Labute approximate surface area is 491 Å². The van der Waals surface area contributed by atoms with Crippen LogP contribution in [0.3, 0.4) is 0 Å². The quantitative estimate of drug-likeness (QED) is 0.137. The largest absolute Gasteiger partial charge is 0.454 e. The van der Waals surface area contributed by atoms with Crippen molar-refractivity contribution in [3.63, 3.8) is 0 Å². The molecule has 0 bridgehead atoms. The molecule has 0 aliphatic carbocycles. The second kappa shape index (κ2) is 19.5. The smallest absolute Gasteiger partial charge is 0.177 e. The lowest BCUT2D eigenvalue weighted by molar-refractivity contribution is 0.566. The SMILES string of the molecule is C/C=C\c1oc2ccc(N(C3=c4oc5ccc(-c6ccc7cc(N(c8ccc9oc%10cccnc%10c9c8)c8ccnc9c8oc8ccccc89)cc(-c8ccccc8)c7c6)cc5c4=CNC3)c3ccc4cc(-c5ccccc5)ccc4c3)cc2c1N. The first-order chi connectivity index (χ1) is 42.5. The van der Waals surface area contributed by atoms with Crippen molar-refractivity contribution >= 4 is 140 Å². The Bertz CT molecular complexity index is 5600. The van der Waals surface area contributed by atoms with Gasteiger partial charge in [0.05, 0.1) is 23.6 Å². The molecule has 408 valence electrons. The van der Waals surface area contributed by atoms with Crippen molar-refractivity contribution in [2.24, 2.45) is 0 Å². The number of hydrogen-bond donors (Lipinski definition) is 2. The third-order valence-corrected chi connectivity index (χ3v) is 16.8. The van der Waals surface area contributed by atoms with E-state index in [9.17, 15) is 0 Å². The summed E-state index contributed by atoms with van der Waals surface area (Å²) in [4.78, 5) is 14.2. The van der Waals surface area contributed by atoms with Gasteiger partial charge in [0.2, 0.25) is 0 Å². The van der Waals surface area contributed by atoms with E-state index in [4.69, 9.17) is 33.4 Å². The predicted octanol–water partition coefficient (Wildman–Crippen LogP) is 18.4. The van der Waals surface area contributed by atoms with Crippen molar-refractivity contribution < 1.29 is 17.7 Å². The molecule has 0 spiro atoms. The van der Waals surface area contributed by atoms with Crippen LogP contribution in [0.2, 0.25) is 0 Å². The number of aromatic nitrogens is 2. The third kappa shape index (κ3) is 7.95. The summed E-state index contributed by atoms with van der Waals surface area (Å²) in [5.41, 5.74) is 26.5. The number of anilines is 6. The number of nitrogen functional groups attached to an aromatic ring is 1. The molecule has 86 heavy (non-hydrogen) atoms. The number of hydrogen-bond acceptors (Lipinski definition) is 10. The van der Waals surface area contributed by atoms with Crippen molar-refractivity contribution in [2.75, 3.05) is 22.1 Å². The normalized spacial score (nSPS) is 12.6. The van der Waals surface area contributed by atoms with E-state index in [0.29, 0.717) is 23.6 Å². The number of allylic oxidation sites excluding steroid dienone is 1. The molecule has 0 atom stereocenters. The second-order valence-corrected chi connectivity index (χ2v) is 21.9. The average Bonchev–Trinajstić information content (AvgIpc) is 1.72. The Morgan fingerprint density at radius 1 is 0.442 bits per heavy atom. The number of nitrogens with two attached hydrogens (primary N) is 1. The summed E-state index contributed by atoms with van der Waals surface area (Å²) in [6.45, 7) is 2.47. The van der Waals surface area contributed by atoms with Gasteiger partial charge in [-0.15, -0.1) is 0 Å². The Morgan fingerprint density at radius 2 is 1.07 bits per heavy atom. The molecule has 10 heteroatoms. The molecule has 0 unspecified atom stereocenters. The van der Waals surface area contributed by atoms with E-state index >= 15 is 0 Å². The molecule has 1 aliphatic heterocycles. The molecule has 16 aromatic rings. The topological polar surface area (TPSA) is 123 Å². The Balaban J connectivity index is 0.817. The lowest BCUT2D eigenvalue weighted by Crippen LogP contribution is -2.40. The number of pyridine rings is 2. The summed E-state index contributed by atoms with van der Waals surface area (Å²) in [5, 5.41) is 12.8. The first-order valence-electron chi connectivity index (χ1n) is 28.8. The summed E-state index contributed by atoms with van der Waals surface area (Å²) in [6.07, 6.45) is 9.61. The van der Waals surface area contributed by atoms with Crippen LogP contribution >= 0.6 is 0 Å². The fraction of sp³-hybridized carbons (Fsp3) is 0.0263. The predicted molar refractivity (Wildman–Crippen MR) is 351 cm³/mol. The molecule has 0 amide bonds. The van der Waals surface area contributed by atoms with Gasteiger partial charge in [0.25, 0.3) is 0 Å². The van der Waals surface area contributed by atoms with E-state index in [1.807, 2.05) is 86.1 Å². The number of benzene rings is 10. The van der Waals surface area contributed by atoms with Crippen molar-refractivity contribution in [2.45, 2.75) is 6.92 Å². The van der Waals surface area contributed by atoms with Crippen molar-refractivity contribution in [1.82, 2.24) is 15.3 Å². The molecule has 0 saturated carbocycles. The minimum Gasteiger partial charge on any atom is -0.454 e. The zero-order chi connectivity index (χ0) is 57.0. The molecule has 0 radical (unpaired) electrons. The summed E-state index contributed by atoms with van der Waals surface area (Å²) in [6, 6.07) is 78.8. The highest BCUT2D eigenvalue weighted by atomic mass is 16.3. The number of rotatable bonds is 10. The van der Waals surface area contributed by atoms with Crippen LogP contribution in [-0.4, -0.2) is 16.5 Å². The van der Waals surface area contributed by atoms with Crippen molar-refractivity contribution in [3.05, 3.63) is 259 Å². The second-order valence-electron chi connectivity index (χ2n) is 21.9. The van der Waals surface area contributed by atoms with E-state index < -0.39 is 0 Å². The summed E-state index contributed by atoms with van der Waals surface area (Å²) in [5.74, 6) is 0.639. The van der Waals surface area contributed by atoms with Crippen LogP contribution in [0.5, 0.6) is 0 Å². The maximum absolute atomic E-state index is 7.03. The molecular weight excluding hydrogens is 1060 g/mol. The first-order valence-corrected chi connectivity index (χ1v) is 28.8. The van der Waals surface area contributed by atoms with Crippen LogP contribution in [0.4, 0.5) is 34.1 Å². The molecule has 10 nitrogen and oxygen atoms in total. The summed E-state index contributed by atoms with van der Waals surface area (Å²) < 4.78 is 26.3. The number of furan rings is 4. The van der Waals surface area contributed by atoms with Crippen molar-refractivity contribution in [1.29, 1.82) is 0 Å². The van der Waals surface area contributed by atoms with Gasteiger partial charge >= 0.3 is 0 Å². The molecule has 7 heterocycles. The maximum Gasteiger partial charge on any atom is 0.177 e. The zero-order valence-corrected chi connectivity index (χ0v) is 46.5. The zero-order valence-electron chi connectivity index (χ0n) is 46.5. The van der Waals surface area contributed by atoms with E-state index in [1.54, 1.807) is 0 Å². The lowest BCUT2D eigenvalue weighted by Gasteiger charge is -2.28. The molecule has 1 aliphatic rings. The maximum atomic E-state index is 7.03. The van der Waals surface area contributed by atoms with Crippen LogP contribution in [0.25, 0.3) is 139 Å². The Hall–Kier alpha value is -11.6. The van der Waals surface area contributed by atoms with Crippen LogP contribution in [-0.2, 0) is 0 Å². The fourth-order valence-corrected chi connectivity index (χ4v) is 12.8. The lowest BCUT2D eigenvalue weighted by atomic mass is 9.93. The van der Waals surface area contributed by atoms with Gasteiger partial charge in [-0.25, -0.2) is 0 Å². The summed E-state index contributed by atoms with van der Waals surface area (Å²) in [7, 11) is 0. The number of nitrogens with zero attached hydrogens (tertiary/aromatic N) is 4. The van der Waals surface area contributed by atoms with Gasteiger partial charge in [-0.05, 0) is 183 Å². The number of fused-ring (bicyclic) bond motifs is 12. The molecule has 6 aromatic heterocycles. The van der Waals surface area contributed by atoms with Gasteiger partial charge < -0.3 is 38.5 Å². The Morgan fingerprint density at radius 3 is 1.92 bits per heavy atom. The van der Waals surface area contributed by atoms with E-state index in [1.165, 1.54) is 11.1 Å². The third-order valence-electron chi connectivity index (χ3n) is 16.8. The molecule has 3 N–H and O–H groups in total. The number of nitrogens with one attached hydrogen (secondary N) is 1. The first kappa shape index (κ1) is 49.0. The van der Waals surface area contributed by atoms with Crippen molar-refractivity contribution in [3.8, 4) is 33.4 Å². The Kier molecular flexibility index (Phi) is 11.1. The number of para-hydroxylation sites is 1. The highest BCUT2D eigenvalue weighted by Crippen LogP contribution is 2.47. The molecule has 0 fully saturated rings. The van der Waals surface area contributed by atoms with Gasteiger partial charge in [0.15, 0.2) is 22.3 Å². The summed E-state index contributed by atoms with van der Waals surface area (Å²) >= 11 is 0. The fourth-order valence-electron chi connectivity index (χ4n) is 12.8. The van der Waals surface area contributed by atoms with E-state index in [2.05, 4.69) is 191 Å². The van der Waals surface area contributed by atoms with Gasteiger partial charge in [-0.1, -0.05) is 115 Å². The molecule has 10 aromatic carbocycles. The van der Waals surface area contributed by atoms with Gasteiger partial charge in [0, 0.05) is 68.1 Å². The van der Waals surface area contributed by atoms with Crippen LogP contribution < -0.4 is 31.5 Å². The van der Waals surface area contributed by atoms with Gasteiger partial charge in [-0.3, -0.25) is 9.97 Å². The highest BCUT2D eigenvalue weighted by molar-refractivity contribution is 6.11. The monoisotopic (exact) mass is 1110 g/mol. The average molecular weight is 1110 g/mol. The van der Waals surface area contributed by atoms with Gasteiger partial charge in [0.1, 0.15) is 33.4 Å². The minimum absolute atomic E-state index is 0.510. The standard InChI is InChI=1S/C76H50N6O4/c1-2-12-70-72(77)61-40-54(27-30-68(61)83-70)81(53-26-24-48-35-47(20-21-49(48)36-53)45-13-5-3-6-14-45)65-44-78-43-63-60-39-51(25-29-67(60)85-75(63)65)50-22-23-52-37-56(42-59(58(52)38-50)46-15-7-4-8-16-46)82(55-28-31-69-62(41-55)73-71(84-69)19-11-33-79-73)64-32-34-80-74-57-17-9-10-18-66(57)86-76(64)74/h2-43,78H,44,77H2,1H3/b12-2-. The van der Waals surface area contributed by atoms with E-state index in [-0.39, 0.29) is 0 Å². The van der Waals surface area contributed by atoms with Gasteiger partial charge in [-0.2, -0.15) is 0 Å². The minimum atomic E-state index is 0.510. The van der Waals surface area contributed by atoms with Crippen LogP contribution in [0, 0.1) is 0 Å². The highest BCUT2D eigenvalue weighted by Gasteiger charge is 2.26. The molecule has 17 rings (SSSR count). The molecular formula is C76H50N6O4. The van der Waals surface area contributed by atoms with Crippen LogP contribution in [0.15, 0.2) is 261 Å². The molecule has 0 saturated heterocycles. The van der Waals surface area contributed by atoms with E-state index in [0.717, 1.165) is 149 Å².